The molecule has 112 valence electrons. The van der Waals surface area contributed by atoms with E-state index in [0.717, 1.165) is 5.56 Å². The number of phenolic OH excluding ortho intramolecular Hbond substituents is 1. The van der Waals surface area contributed by atoms with Gasteiger partial charge in [0.2, 0.25) is 0 Å². The minimum atomic E-state index is -0.360. The van der Waals surface area contributed by atoms with Gasteiger partial charge in [-0.15, -0.1) is 0 Å². The first-order chi connectivity index (χ1) is 10.6. The summed E-state index contributed by atoms with van der Waals surface area (Å²) in [6, 6.07) is 11.8. The molecule has 0 spiro atoms. The van der Waals surface area contributed by atoms with Crippen LogP contribution in [-0.4, -0.2) is 15.3 Å². The van der Waals surface area contributed by atoms with Crippen LogP contribution in [0.1, 0.15) is 18.5 Å². The molecular weight excluding hydrogens is 282 g/mol. The summed E-state index contributed by atoms with van der Waals surface area (Å²) in [6.45, 7) is 1.91. The fourth-order valence-electron chi connectivity index (χ4n) is 2.46. The van der Waals surface area contributed by atoms with Gasteiger partial charge < -0.3 is 10.4 Å². The van der Waals surface area contributed by atoms with Crippen LogP contribution in [0.3, 0.4) is 0 Å². The molecule has 4 N–H and O–H groups in total. The number of nitrogens with one attached hydrogen (secondary N) is 3. The van der Waals surface area contributed by atoms with Gasteiger partial charge in [0.15, 0.2) is 0 Å². The van der Waals surface area contributed by atoms with Crippen molar-refractivity contribution in [3.8, 4) is 5.75 Å². The predicted molar refractivity (Wildman–Crippen MR) is 85.3 cm³/mol. The molecule has 0 aliphatic carbocycles. The van der Waals surface area contributed by atoms with Gasteiger partial charge >= 0.3 is 0 Å². The second kappa shape index (κ2) is 5.40. The molecule has 6 heteroatoms. The minimum Gasteiger partial charge on any atom is -0.508 e. The number of benzene rings is 2. The van der Waals surface area contributed by atoms with Gasteiger partial charge in [0.25, 0.3) is 11.1 Å². The number of aromatic hydroxyl groups is 1. The molecule has 0 saturated carbocycles. The Hall–Kier alpha value is -3.02. The van der Waals surface area contributed by atoms with Crippen LogP contribution in [0.5, 0.6) is 5.75 Å². The Morgan fingerprint density at radius 2 is 1.77 bits per heavy atom. The third kappa shape index (κ3) is 2.46. The molecule has 22 heavy (non-hydrogen) atoms. The van der Waals surface area contributed by atoms with E-state index in [2.05, 4.69) is 15.5 Å². The highest BCUT2D eigenvalue weighted by atomic mass is 16.3. The number of rotatable bonds is 3. The summed E-state index contributed by atoms with van der Waals surface area (Å²) >= 11 is 0. The molecule has 1 atom stereocenters. The topological polar surface area (TPSA) is 98.0 Å². The van der Waals surface area contributed by atoms with Gasteiger partial charge in [-0.25, -0.2) is 0 Å². The molecule has 1 heterocycles. The van der Waals surface area contributed by atoms with Crippen molar-refractivity contribution in [3.05, 3.63) is 68.7 Å². The first-order valence-electron chi connectivity index (χ1n) is 6.85. The quantitative estimate of drug-likeness (QED) is 0.595. The second-order valence-electron chi connectivity index (χ2n) is 5.10. The van der Waals surface area contributed by atoms with Crippen molar-refractivity contribution < 1.29 is 5.11 Å². The molecule has 2 aromatic carbocycles. The Bertz CT molecular complexity index is 943. The molecule has 0 amide bonds. The maximum atomic E-state index is 12.0. The Morgan fingerprint density at radius 3 is 2.55 bits per heavy atom. The summed E-state index contributed by atoms with van der Waals surface area (Å²) in [4.78, 5) is 23.8. The number of aromatic nitrogens is 2. The summed E-state index contributed by atoms with van der Waals surface area (Å²) < 4.78 is 0. The van der Waals surface area contributed by atoms with Crippen molar-refractivity contribution in [2.75, 3.05) is 5.32 Å². The zero-order valence-corrected chi connectivity index (χ0v) is 11.9. The highest BCUT2D eigenvalue weighted by Gasteiger charge is 2.11. The number of hydrogen-bond acceptors (Lipinski definition) is 4. The Labute approximate surface area is 125 Å². The number of aromatic amines is 2. The van der Waals surface area contributed by atoms with Gasteiger partial charge in [-0.2, -0.15) is 0 Å². The van der Waals surface area contributed by atoms with E-state index in [4.69, 9.17) is 0 Å². The lowest BCUT2D eigenvalue weighted by molar-refractivity contribution is 0.474. The minimum absolute atomic E-state index is 0.142. The van der Waals surface area contributed by atoms with Crippen molar-refractivity contribution in [1.29, 1.82) is 0 Å². The molecule has 0 aliphatic rings. The molecule has 6 nitrogen and oxygen atoms in total. The maximum absolute atomic E-state index is 12.0. The van der Waals surface area contributed by atoms with Crippen LogP contribution in [0, 0.1) is 0 Å². The van der Waals surface area contributed by atoms with Gasteiger partial charge in [0, 0.05) is 11.7 Å². The molecule has 0 saturated heterocycles. The van der Waals surface area contributed by atoms with Gasteiger partial charge in [0.05, 0.1) is 10.8 Å². The standard InChI is InChI=1S/C16H15N3O3/c1-9(10-4-2-5-11(20)8-10)17-13-7-3-6-12-14(13)16(22)19-18-15(12)21/h2-9,17,20H,1H3,(H,18,21)(H,19,22). The van der Waals surface area contributed by atoms with Crippen molar-refractivity contribution in [2.24, 2.45) is 0 Å². The van der Waals surface area contributed by atoms with Crippen molar-refractivity contribution in [1.82, 2.24) is 10.2 Å². The number of fused-ring (bicyclic) bond motifs is 1. The number of anilines is 1. The van der Waals surface area contributed by atoms with Gasteiger partial charge in [-0.3, -0.25) is 19.8 Å². The third-order valence-corrected chi connectivity index (χ3v) is 3.57. The lowest BCUT2D eigenvalue weighted by Crippen LogP contribution is -2.20. The second-order valence-corrected chi connectivity index (χ2v) is 5.10. The first kappa shape index (κ1) is 13.9. The predicted octanol–water partition coefficient (Wildman–Crippen LogP) is 2.10. The van der Waals surface area contributed by atoms with Crippen LogP contribution >= 0.6 is 0 Å². The summed E-state index contributed by atoms with van der Waals surface area (Å²) in [5.74, 6) is 0.179. The van der Waals surface area contributed by atoms with Crippen molar-refractivity contribution in [3.63, 3.8) is 0 Å². The van der Waals surface area contributed by atoms with E-state index in [9.17, 15) is 14.7 Å². The lowest BCUT2D eigenvalue weighted by atomic mass is 10.1. The van der Waals surface area contributed by atoms with Gasteiger partial charge in [0.1, 0.15) is 5.75 Å². The summed E-state index contributed by atoms with van der Waals surface area (Å²) in [7, 11) is 0. The number of phenols is 1. The van der Waals surface area contributed by atoms with Crippen LogP contribution in [0.4, 0.5) is 5.69 Å². The smallest absolute Gasteiger partial charge is 0.272 e. The summed E-state index contributed by atoms with van der Waals surface area (Å²) in [6.07, 6.45) is 0. The van der Waals surface area contributed by atoms with E-state index in [1.807, 2.05) is 13.0 Å². The zero-order valence-electron chi connectivity index (χ0n) is 11.9. The molecule has 0 bridgehead atoms. The van der Waals surface area contributed by atoms with Crippen LogP contribution in [0.2, 0.25) is 0 Å². The third-order valence-electron chi connectivity index (χ3n) is 3.57. The van der Waals surface area contributed by atoms with E-state index in [1.165, 1.54) is 0 Å². The summed E-state index contributed by atoms with van der Waals surface area (Å²) in [5.41, 5.74) is 0.739. The number of hydrogen-bond donors (Lipinski definition) is 4. The molecule has 0 radical (unpaired) electrons. The Morgan fingerprint density at radius 1 is 1.05 bits per heavy atom. The summed E-state index contributed by atoms with van der Waals surface area (Å²) in [5, 5.41) is 18.1. The SMILES string of the molecule is CC(Nc1cccc2c(=O)[nH][nH]c(=O)c12)c1cccc(O)c1. The van der Waals surface area contributed by atoms with Crippen molar-refractivity contribution >= 4 is 16.5 Å². The lowest BCUT2D eigenvalue weighted by Gasteiger charge is -2.17. The normalized spacial score (nSPS) is 12.2. The zero-order chi connectivity index (χ0) is 15.7. The Kier molecular flexibility index (Phi) is 3.42. The monoisotopic (exact) mass is 297 g/mol. The average Bonchev–Trinajstić information content (AvgIpc) is 2.51. The van der Waals surface area contributed by atoms with Crippen LogP contribution in [0.25, 0.3) is 10.8 Å². The van der Waals surface area contributed by atoms with E-state index in [0.29, 0.717) is 16.5 Å². The largest absolute Gasteiger partial charge is 0.508 e. The van der Waals surface area contributed by atoms with E-state index >= 15 is 0 Å². The molecule has 1 aromatic heterocycles. The van der Waals surface area contributed by atoms with Crippen molar-refractivity contribution in [2.45, 2.75) is 13.0 Å². The van der Waals surface area contributed by atoms with E-state index in [-0.39, 0.29) is 22.9 Å². The molecule has 1 unspecified atom stereocenters. The number of H-pyrrole nitrogens is 2. The highest BCUT2D eigenvalue weighted by Crippen LogP contribution is 2.25. The van der Waals surface area contributed by atoms with Gasteiger partial charge in [-0.1, -0.05) is 18.2 Å². The average molecular weight is 297 g/mol. The first-order valence-corrected chi connectivity index (χ1v) is 6.85. The maximum Gasteiger partial charge on any atom is 0.272 e. The fourth-order valence-corrected chi connectivity index (χ4v) is 2.46. The molecule has 3 rings (SSSR count). The molecule has 3 aromatic rings. The van der Waals surface area contributed by atoms with E-state index in [1.54, 1.807) is 36.4 Å². The Balaban J connectivity index is 2.06. The van der Waals surface area contributed by atoms with E-state index < -0.39 is 0 Å². The molecular formula is C16H15N3O3. The van der Waals surface area contributed by atoms with Gasteiger partial charge in [-0.05, 0) is 36.8 Å². The van der Waals surface area contributed by atoms with Crippen LogP contribution in [0.15, 0.2) is 52.1 Å². The van der Waals surface area contributed by atoms with Crippen LogP contribution < -0.4 is 16.4 Å². The molecule has 0 fully saturated rings. The molecule has 0 aliphatic heterocycles. The van der Waals surface area contributed by atoms with Crippen LogP contribution in [-0.2, 0) is 0 Å². The highest BCUT2D eigenvalue weighted by molar-refractivity contribution is 5.92. The fraction of sp³-hybridized carbons (Fsp3) is 0.125.